The molecule has 0 aliphatic carbocycles. The van der Waals surface area contributed by atoms with Gasteiger partial charge in [0.15, 0.2) is 5.65 Å². The highest BCUT2D eigenvalue weighted by atomic mass is 16.2. The second kappa shape index (κ2) is 5.53. The van der Waals surface area contributed by atoms with E-state index in [2.05, 4.69) is 21.5 Å². The highest BCUT2D eigenvalue weighted by Gasteiger charge is 2.39. The fraction of sp³-hybridized carbons (Fsp3) is 0.438. The van der Waals surface area contributed by atoms with Gasteiger partial charge in [-0.3, -0.25) is 4.79 Å². The van der Waals surface area contributed by atoms with E-state index in [4.69, 9.17) is 0 Å². The van der Waals surface area contributed by atoms with Gasteiger partial charge in [-0.2, -0.15) is 5.10 Å². The van der Waals surface area contributed by atoms with Crippen molar-refractivity contribution >= 4 is 17.6 Å². The van der Waals surface area contributed by atoms with Crippen molar-refractivity contribution in [1.82, 2.24) is 24.8 Å². The van der Waals surface area contributed by atoms with E-state index in [1.165, 1.54) is 0 Å². The van der Waals surface area contributed by atoms with Crippen LogP contribution in [-0.4, -0.2) is 51.1 Å². The normalized spacial score (nSPS) is 25.3. The predicted molar refractivity (Wildman–Crippen MR) is 83.1 cm³/mol. The number of carbonyl (C=O) groups excluding carboxylic acids is 1. The van der Waals surface area contributed by atoms with Gasteiger partial charge in [-0.15, -0.1) is 0 Å². The molecule has 0 spiro atoms. The number of amides is 1. The van der Waals surface area contributed by atoms with Crippen LogP contribution in [0.4, 0.5) is 0 Å². The van der Waals surface area contributed by atoms with E-state index in [0.29, 0.717) is 11.9 Å². The van der Waals surface area contributed by atoms with Crippen LogP contribution in [0.25, 0.3) is 11.7 Å². The lowest BCUT2D eigenvalue weighted by atomic mass is 10.0. The van der Waals surface area contributed by atoms with E-state index in [9.17, 15) is 4.79 Å². The number of aromatic nitrogens is 3. The van der Waals surface area contributed by atoms with Crippen molar-refractivity contribution < 1.29 is 4.79 Å². The third-order valence-electron chi connectivity index (χ3n) is 4.59. The molecule has 0 radical (unpaired) electrons. The Balaban J connectivity index is 1.46. The summed E-state index contributed by atoms with van der Waals surface area (Å²) < 4.78 is 1.76. The number of nitrogens with one attached hydrogen (secondary N) is 1. The van der Waals surface area contributed by atoms with E-state index in [1.54, 1.807) is 10.8 Å². The molecular formula is C16H19N5O. The molecule has 0 aromatic carbocycles. The lowest BCUT2D eigenvalue weighted by Gasteiger charge is -2.30. The third kappa shape index (κ3) is 2.29. The van der Waals surface area contributed by atoms with E-state index >= 15 is 0 Å². The molecule has 2 aromatic heterocycles. The number of nitrogens with zero attached hydrogens (tertiary/aromatic N) is 4. The lowest BCUT2D eigenvalue weighted by Crippen LogP contribution is -2.49. The van der Waals surface area contributed by atoms with Crippen molar-refractivity contribution in [1.29, 1.82) is 0 Å². The molecule has 0 saturated carbocycles. The Morgan fingerprint density at radius 3 is 3.32 bits per heavy atom. The van der Waals surface area contributed by atoms with Gasteiger partial charge >= 0.3 is 0 Å². The number of hydrogen-bond donors (Lipinski definition) is 1. The molecule has 114 valence electrons. The Hall–Kier alpha value is -2.21. The van der Waals surface area contributed by atoms with Crippen molar-refractivity contribution in [3.63, 3.8) is 0 Å². The SMILES string of the molecule is O=C1[C@@H](C/C=C\c2cccn3ncnc23)C[C@H]2CNCCN12. The van der Waals surface area contributed by atoms with Gasteiger partial charge in [-0.05, 0) is 25.0 Å². The Kier molecular flexibility index (Phi) is 3.38. The van der Waals surface area contributed by atoms with Crippen LogP contribution in [-0.2, 0) is 4.79 Å². The molecule has 2 fully saturated rings. The largest absolute Gasteiger partial charge is 0.337 e. The van der Waals surface area contributed by atoms with Crippen LogP contribution in [0, 0.1) is 5.92 Å². The molecule has 2 aliphatic rings. The second-order valence-electron chi connectivity index (χ2n) is 5.95. The van der Waals surface area contributed by atoms with E-state index in [1.807, 2.05) is 29.3 Å². The molecule has 22 heavy (non-hydrogen) atoms. The Morgan fingerprint density at radius 1 is 1.45 bits per heavy atom. The summed E-state index contributed by atoms with van der Waals surface area (Å²) in [5.74, 6) is 0.440. The maximum absolute atomic E-state index is 12.4. The minimum Gasteiger partial charge on any atom is -0.337 e. The van der Waals surface area contributed by atoms with Crippen molar-refractivity contribution in [2.24, 2.45) is 5.92 Å². The van der Waals surface area contributed by atoms with Gasteiger partial charge in [-0.1, -0.05) is 12.2 Å². The molecule has 2 saturated heterocycles. The summed E-state index contributed by atoms with van der Waals surface area (Å²) in [5.41, 5.74) is 1.88. The van der Waals surface area contributed by atoms with Crippen LogP contribution in [0.2, 0.25) is 0 Å². The van der Waals surface area contributed by atoms with Crippen molar-refractivity contribution in [2.45, 2.75) is 18.9 Å². The van der Waals surface area contributed by atoms with Crippen LogP contribution in [0.3, 0.4) is 0 Å². The monoisotopic (exact) mass is 297 g/mol. The summed E-state index contributed by atoms with van der Waals surface area (Å²) in [6.45, 7) is 2.70. The number of rotatable bonds is 3. The van der Waals surface area contributed by atoms with Crippen molar-refractivity contribution in [3.05, 3.63) is 36.3 Å². The van der Waals surface area contributed by atoms with Gasteiger partial charge in [0.05, 0.1) is 0 Å². The first-order valence-corrected chi connectivity index (χ1v) is 7.79. The smallest absolute Gasteiger partial charge is 0.226 e. The molecule has 1 amide bonds. The fourth-order valence-corrected chi connectivity index (χ4v) is 3.48. The predicted octanol–water partition coefficient (Wildman–Crippen LogP) is 0.953. The third-order valence-corrected chi connectivity index (χ3v) is 4.59. The molecule has 4 rings (SSSR count). The van der Waals surface area contributed by atoms with Gasteiger partial charge in [0.1, 0.15) is 6.33 Å². The number of hydrogen-bond acceptors (Lipinski definition) is 4. The van der Waals surface area contributed by atoms with E-state index < -0.39 is 0 Å². The topological polar surface area (TPSA) is 62.5 Å². The highest BCUT2D eigenvalue weighted by Crippen LogP contribution is 2.28. The number of carbonyl (C=O) groups is 1. The zero-order valence-corrected chi connectivity index (χ0v) is 12.4. The Labute approximate surface area is 128 Å². The van der Waals surface area contributed by atoms with E-state index in [0.717, 1.165) is 43.7 Å². The van der Waals surface area contributed by atoms with E-state index in [-0.39, 0.29) is 5.92 Å². The highest BCUT2D eigenvalue weighted by molar-refractivity contribution is 5.82. The molecule has 1 N–H and O–H groups in total. The first-order valence-electron chi connectivity index (χ1n) is 7.79. The zero-order chi connectivity index (χ0) is 14.9. The van der Waals surface area contributed by atoms with Crippen molar-refractivity contribution in [3.8, 4) is 0 Å². The lowest BCUT2D eigenvalue weighted by molar-refractivity contribution is -0.132. The zero-order valence-electron chi connectivity index (χ0n) is 12.4. The number of fused-ring (bicyclic) bond motifs is 2. The van der Waals surface area contributed by atoms with Crippen LogP contribution >= 0.6 is 0 Å². The van der Waals surface area contributed by atoms with Crippen LogP contribution in [0.5, 0.6) is 0 Å². The van der Waals surface area contributed by atoms with Crippen LogP contribution in [0.1, 0.15) is 18.4 Å². The number of allylic oxidation sites excluding steroid dienone is 1. The molecule has 0 unspecified atom stereocenters. The maximum atomic E-state index is 12.4. The fourth-order valence-electron chi connectivity index (χ4n) is 3.48. The number of piperazine rings is 1. The first-order chi connectivity index (χ1) is 10.8. The average Bonchev–Trinajstić information content (AvgIpc) is 3.14. The van der Waals surface area contributed by atoms with Crippen molar-refractivity contribution in [2.75, 3.05) is 19.6 Å². The maximum Gasteiger partial charge on any atom is 0.226 e. The van der Waals surface area contributed by atoms with Gasteiger partial charge in [0, 0.05) is 43.4 Å². The molecule has 6 nitrogen and oxygen atoms in total. The second-order valence-corrected chi connectivity index (χ2v) is 5.95. The summed E-state index contributed by atoms with van der Waals surface area (Å²) in [5, 5.41) is 7.50. The van der Waals surface area contributed by atoms with Gasteiger partial charge in [-0.25, -0.2) is 9.50 Å². The molecule has 6 heteroatoms. The van der Waals surface area contributed by atoms with Crippen LogP contribution in [0.15, 0.2) is 30.7 Å². The summed E-state index contributed by atoms with van der Waals surface area (Å²) in [4.78, 5) is 18.7. The van der Waals surface area contributed by atoms with Gasteiger partial charge in [0.2, 0.25) is 5.91 Å². The molecular weight excluding hydrogens is 278 g/mol. The number of pyridine rings is 1. The summed E-state index contributed by atoms with van der Waals surface area (Å²) in [6, 6.07) is 4.36. The first kappa shape index (κ1) is 13.5. The van der Waals surface area contributed by atoms with Crippen LogP contribution < -0.4 is 5.32 Å². The average molecular weight is 297 g/mol. The standard InChI is InChI=1S/C16H19N5O/c22-16-13(9-14-10-17-6-8-20(14)16)4-1-3-12-5-2-7-21-15(12)18-11-19-21/h1-3,5,7,11,13-14,17H,4,6,8-10H2/b3-1-/t13-,14-/m0/s1. The summed E-state index contributed by atoms with van der Waals surface area (Å²) in [7, 11) is 0. The summed E-state index contributed by atoms with van der Waals surface area (Å²) >= 11 is 0. The molecule has 2 aromatic rings. The van der Waals surface area contributed by atoms with Gasteiger partial charge in [0.25, 0.3) is 0 Å². The molecule has 4 heterocycles. The molecule has 2 aliphatic heterocycles. The molecule has 0 bridgehead atoms. The summed E-state index contributed by atoms with van der Waals surface area (Å²) in [6.07, 6.45) is 9.33. The Bertz CT molecular complexity index is 722. The minimum absolute atomic E-state index is 0.124. The van der Waals surface area contributed by atoms with Gasteiger partial charge < -0.3 is 10.2 Å². The molecule has 2 atom stereocenters. The quantitative estimate of drug-likeness (QED) is 0.916. The Morgan fingerprint density at radius 2 is 2.41 bits per heavy atom. The minimum atomic E-state index is 0.124.